The van der Waals surface area contributed by atoms with Gasteiger partial charge in [0.15, 0.2) is 0 Å². The summed E-state index contributed by atoms with van der Waals surface area (Å²) in [4.78, 5) is 119. The van der Waals surface area contributed by atoms with Gasteiger partial charge in [-0.3, -0.25) is 110 Å². The van der Waals surface area contributed by atoms with Crippen molar-refractivity contribution in [1.82, 2.24) is 29.4 Å². The number of benzene rings is 13. The maximum atomic E-state index is 13.4. The van der Waals surface area contributed by atoms with E-state index in [2.05, 4.69) is 53.7 Å². The number of fused-ring (bicyclic) bond motifs is 32. The molecule has 754 valence electrons. The number of para-hydroxylation sites is 6. The van der Waals surface area contributed by atoms with Gasteiger partial charge < -0.3 is 48.0 Å². The van der Waals surface area contributed by atoms with Crippen LogP contribution in [-0.2, 0) is 52.4 Å². The molecule has 0 spiro atoms. The van der Waals surface area contributed by atoms with Gasteiger partial charge >= 0.3 is 0 Å². The van der Waals surface area contributed by atoms with Crippen LogP contribution in [0.15, 0.2) is 267 Å². The normalized spacial score (nSPS) is 17.8. The highest BCUT2D eigenvalue weighted by atomic mass is 16.7. The molecule has 0 aliphatic carbocycles. The lowest BCUT2D eigenvalue weighted by Crippen LogP contribution is -2.43. The zero-order chi connectivity index (χ0) is 102. The van der Waals surface area contributed by atoms with Gasteiger partial charge in [-0.25, -0.2) is 0 Å². The first-order valence-corrected chi connectivity index (χ1v) is 48.2. The summed E-state index contributed by atoms with van der Waals surface area (Å²) in [6, 6.07) is 76.0. The molecule has 0 amide bonds. The summed E-state index contributed by atoms with van der Waals surface area (Å²) in [6.45, 7) is 6.49. The number of nitrogens with zero attached hydrogens (tertiary/aromatic N) is 18. The Bertz CT molecular complexity index is 6230. The molecule has 0 unspecified atom stereocenters. The second-order valence-electron chi connectivity index (χ2n) is 36.0. The summed E-state index contributed by atoms with van der Waals surface area (Å²) >= 11 is 0. The zero-order valence-corrected chi connectivity index (χ0v) is 80.1. The van der Waals surface area contributed by atoms with Gasteiger partial charge in [-0.05, 0) is 93.3 Å². The number of nitro benzene ring substituents is 8. The molecule has 0 atom stereocenters. The van der Waals surface area contributed by atoms with Crippen LogP contribution in [-0.4, -0.2) is 226 Å². The lowest BCUT2D eigenvalue weighted by molar-refractivity contribution is -0.394. The van der Waals surface area contributed by atoms with E-state index in [0.717, 1.165) is 68.1 Å². The molecule has 13 aromatic carbocycles. The molecule has 0 saturated heterocycles. The summed E-state index contributed by atoms with van der Waals surface area (Å²) in [7, 11) is 0. The van der Waals surface area contributed by atoms with Crippen molar-refractivity contribution >= 4 is 89.8 Å². The molecule has 19 rings (SSSR count). The van der Waals surface area contributed by atoms with E-state index in [0.29, 0.717) is 135 Å². The van der Waals surface area contributed by atoms with E-state index in [1.54, 1.807) is 0 Å². The van der Waals surface area contributed by atoms with Crippen LogP contribution in [0.2, 0.25) is 0 Å². The number of anilines is 4. The van der Waals surface area contributed by atoms with E-state index >= 15 is 0 Å². The van der Waals surface area contributed by atoms with Crippen molar-refractivity contribution in [3.63, 3.8) is 0 Å². The van der Waals surface area contributed by atoms with E-state index < -0.39 is 84.9 Å². The first-order chi connectivity index (χ1) is 71.0. The van der Waals surface area contributed by atoms with Gasteiger partial charge in [-0.15, -0.1) is 0 Å². The lowest BCUT2D eigenvalue weighted by Gasteiger charge is -2.34. The third kappa shape index (κ3) is 25.0. The molecule has 6 aliphatic rings. The van der Waals surface area contributed by atoms with Crippen LogP contribution in [0.5, 0.6) is 34.5 Å². The van der Waals surface area contributed by atoms with Crippen molar-refractivity contribution in [2.45, 2.75) is 52.4 Å². The van der Waals surface area contributed by atoms with Crippen molar-refractivity contribution in [1.29, 1.82) is 0 Å². The molecule has 40 nitrogen and oxygen atoms in total. The van der Waals surface area contributed by atoms with Crippen LogP contribution in [0, 0.1) is 80.9 Å². The Morgan fingerprint density at radius 2 is 0.397 bits per heavy atom. The van der Waals surface area contributed by atoms with Crippen LogP contribution in [0.4, 0.5) is 68.2 Å². The minimum Gasteiger partial charge on any atom is -0.492 e. The highest BCUT2D eigenvalue weighted by Crippen LogP contribution is 2.43. The maximum absolute atomic E-state index is 13.4. The molecular weight excluding hydrogens is 1880 g/mol. The molecule has 6 aliphatic heterocycles. The predicted octanol–water partition coefficient (Wildman–Crippen LogP) is 17.6. The Balaban J connectivity index is 0.793. The molecule has 0 saturated carbocycles. The Morgan fingerprint density at radius 3 is 0.610 bits per heavy atom. The van der Waals surface area contributed by atoms with E-state index in [9.17, 15) is 80.9 Å². The number of non-ortho nitro benzene ring substituents is 4. The highest BCUT2D eigenvalue weighted by molar-refractivity contribution is 6.06. The lowest BCUT2D eigenvalue weighted by atomic mass is 9.91. The fraction of sp³-hybridized carbons (Fsp3) is 0.302. The van der Waals surface area contributed by atoms with Gasteiger partial charge in [-0.1, -0.05) is 158 Å². The number of ether oxygens (including phenoxy) is 6. The van der Waals surface area contributed by atoms with Crippen LogP contribution >= 0.6 is 0 Å². The Morgan fingerprint density at radius 1 is 0.205 bits per heavy atom. The maximum Gasteiger partial charge on any atom is 0.299 e. The number of rotatable bonds is 16. The standard InChI is InChI=1S/C106H108N18O22/c125-117(126)83-33-37-93(97(65-83)121(133)134)113-49-45-107-41-43-111(69-77-17-1-11-27-101(77)141-59-53-109(55-61-143-103-29-13-3-19-79(103)71-113)56-62-144-104-30-14-4-20-80(104)72-114(50-46-107)94-38-34-84(118(127)128)66-98(94)122(135)136)75-91-87-23-7-9-25-89(87)92(90-26-10-8-24-88(90)91)76-112-44-42-108-47-51-115(95-39-35-85(119(129)130)67-99(95)123(137)138)73-81-21-5-15-31-105(81)145-63-57-110(54-60-142-102-28-12-2-18-78(102)70-112)58-64-146-106-32-16-6-22-82(106)74-116(52-48-108)96-40-36-86(120(131)132)68-100(96)124(139)140/h1-40,65-68H,41-64,69-76H2. The minimum absolute atomic E-state index is 0.0209. The largest absolute Gasteiger partial charge is 0.492 e. The van der Waals surface area contributed by atoms with Crippen LogP contribution in [0.25, 0.3) is 21.5 Å². The molecule has 0 N–H and O–H groups in total. The van der Waals surface area contributed by atoms with Gasteiger partial charge in [0.25, 0.3) is 45.5 Å². The van der Waals surface area contributed by atoms with Crippen molar-refractivity contribution in [2.24, 2.45) is 0 Å². The summed E-state index contributed by atoms with van der Waals surface area (Å²) in [5, 5.41) is 107. The van der Waals surface area contributed by atoms with Gasteiger partial charge in [0.1, 0.15) is 96.9 Å². The van der Waals surface area contributed by atoms with Crippen LogP contribution in [0.3, 0.4) is 0 Å². The van der Waals surface area contributed by atoms with E-state index in [-0.39, 0.29) is 154 Å². The first kappa shape index (κ1) is 101. The number of hydrogen-bond acceptors (Lipinski definition) is 32. The monoisotopic (exact) mass is 1980 g/mol. The fourth-order valence-corrected chi connectivity index (χ4v) is 19.4. The van der Waals surface area contributed by atoms with Gasteiger partial charge in [-0.2, -0.15) is 0 Å². The molecule has 4 bridgehead atoms. The zero-order valence-electron chi connectivity index (χ0n) is 80.1. The molecule has 6 heterocycles. The minimum atomic E-state index is -0.686. The first-order valence-electron chi connectivity index (χ1n) is 48.2. The SMILES string of the molecule is O=[N+]([O-])c1ccc(N2CCN3CCN(Cc4c5ccccc5c(CN5CCN6CCN(c7ccc([N+](=O)[O-])cc7[N+](=O)[O-])Cc7ccccc7OCCN(CCOc7ccccc7C5)CCOc5ccccc5CN(c5ccc([N+](=O)[O-])cc5[N+](=O)[O-])CC6)c5ccccc45)Cc4ccccc4OCCN(CCOc4ccccc4C2)CCOc2ccccc2CN(c2ccc([N+](=O)[O-])cc2[N+](=O)[O-])CC3)c([N+](=O)[O-])c1. The van der Waals surface area contributed by atoms with Gasteiger partial charge in [0, 0.05) is 228 Å². The van der Waals surface area contributed by atoms with Crippen LogP contribution < -0.4 is 48.0 Å². The second-order valence-corrected chi connectivity index (χ2v) is 36.0. The van der Waals surface area contributed by atoms with Gasteiger partial charge in [0.05, 0.1) is 63.7 Å². The number of nitro groups is 8. The average molecular weight is 1990 g/mol. The molecule has 13 aromatic rings. The average Bonchev–Trinajstić information content (AvgIpc) is 0.746. The van der Waals surface area contributed by atoms with Gasteiger partial charge in [0.2, 0.25) is 0 Å². The van der Waals surface area contributed by atoms with E-state index in [1.165, 1.54) is 48.5 Å². The highest BCUT2D eigenvalue weighted by Gasteiger charge is 2.34. The van der Waals surface area contributed by atoms with Crippen LogP contribution in [0.1, 0.15) is 44.5 Å². The molecule has 146 heavy (non-hydrogen) atoms. The third-order valence-corrected chi connectivity index (χ3v) is 27.0. The molecule has 0 aromatic heterocycles. The quantitative estimate of drug-likeness (QED) is 0.0492. The summed E-state index contributed by atoms with van der Waals surface area (Å²) < 4.78 is 40.7. The smallest absolute Gasteiger partial charge is 0.299 e. The Kier molecular flexibility index (Phi) is 32.8. The Hall–Kier alpha value is -16.7. The topological polar surface area (TPSA) is 433 Å². The van der Waals surface area contributed by atoms with Crippen molar-refractivity contribution < 1.29 is 67.8 Å². The number of hydrogen-bond donors (Lipinski definition) is 0. The molecule has 0 fully saturated rings. The third-order valence-electron chi connectivity index (χ3n) is 27.0. The second kappa shape index (κ2) is 47.5. The summed E-state index contributed by atoms with van der Waals surface area (Å²) in [5.74, 6) is 3.23. The summed E-state index contributed by atoms with van der Waals surface area (Å²) in [5.41, 5.74) is 2.58. The predicted molar refractivity (Wildman–Crippen MR) is 550 cm³/mol. The van der Waals surface area contributed by atoms with Crippen molar-refractivity contribution in [3.05, 3.63) is 392 Å². The molecule has 40 heteroatoms. The van der Waals surface area contributed by atoms with Crippen molar-refractivity contribution in [2.75, 3.05) is 177 Å². The molecule has 0 radical (unpaired) electrons. The fourth-order valence-electron chi connectivity index (χ4n) is 19.4. The Labute approximate surface area is 839 Å². The molecular formula is C106H108N18O22. The van der Waals surface area contributed by atoms with E-state index in [1.807, 2.05) is 189 Å². The van der Waals surface area contributed by atoms with Crippen molar-refractivity contribution in [3.8, 4) is 34.5 Å². The summed E-state index contributed by atoms with van der Waals surface area (Å²) in [6.07, 6.45) is 0. The van der Waals surface area contributed by atoms with E-state index in [4.69, 9.17) is 28.4 Å².